The van der Waals surface area contributed by atoms with Gasteiger partial charge in [-0.25, -0.2) is 13.4 Å². The summed E-state index contributed by atoms with van der Waals surface area (Å²) < 4.78 is 38.5. The number of methoxy groups -OCH3 is 1. The number of H-pyrrole nitrogens is 1. The maximum atomic E-state index is 13.3. The van der Waals surface area contributed by atoms with Crippen molar-refractivity contribution in [2.45, 2.75) is 36.6 Å². The molecule has 0 bridgehead atoms. The van der Waals surface area contributed by atoms with E-state index in [9.17, 15) is 8.42 Å². The molecule has 144 valence electrons. The smallest absolute Gasteiger partial charge is 0.245 e. The molecule has 1 N–H and O–H groups in total. The van der Waals surface area contributed by atoms with E-state index in [2.05, 4.69) is 20.1 Å². The topological polar surface area (TPSA) is 114 Å². The molecule has 9 nitrogen and oxygen atoms in total. The van der Waals surface area contributed by atoms with Gasteiger partial charge in [-0.2, -0.15) is 9.29 Å². The fourth-order valence-electron chi connectivity index (χ4n) is 3.35. The second kappa shape index (κ2) is 7.37. The van der Waals surface area contributed by atoms with Gasteiger partial charge in [-0.15, -0.1) is 0 Å². The van der Waals surface area contributed by atoms with Gasteiger partial charge in [0.25, 0.3) is 0 Å². The zero-order chi connectivity index (χ0) is 18.9. The molecule has 1 aliphatic heterocycles. The monoisotopic (exact) mass is 391 g/mol. The molecular formula is C17H21N5O4S. The van der Waals surface area contributed by atoms with Crippen molar-refractivity contribution in [1.82, 2.24) is 24.4 Å². The summed E-state index contributed by atoms with van der Waals surface area (Å²) in [7, 11) is -2.10. The molecule has 3 aromatic rings. The SMILES string of the molecule is COCCc1noc(C2CCCCN2S(=O)(=O)c2ccc3nc[nH]c3c2)n1. The molecule has 0 amide bonds. The van der Waals surface area contributed by atoms with Gasteiger partial charge >= 0.3 is 0 Å². The lowest BCUT2D eigenvalue weighted by atomic mass is 10.1. The van der Waals surface area contributed by atoms with Crippen molar-refractivity contribution in [1.29, 1.82) is 0 Å². The Labute approximate surface area is 156 Å². The highest BCUT2D eigenvalue weighted by molar-refractivity contribution is 7.89. The van der Waals surface area contributed by atoms with E-state index in [0.717, 1.165) is 18.4 Å². The first-order valence-electron chi connectivity index (χ1n) is 8.86. The van der Waals surface area contributed by atoms with Crippen molar-refractivity contribution in [2.75, 3.05) is 20.3 Å². The van der Waals surface area contributed by atoms with Crippen molar-refractivity contribution in [2.24, 2.45) is 0 Å². The minimum Gasteiger partial charge on any atom is -0.384 e. The summed E-state index contributed by atoms with van der Waals surface area (Å²) in [4.78, 5) is 11.7. The average Bonchev–Trinajstić information content (AvgIpc) is 3.35. The van der Waals surface area contributed by atoms with Gasteiger partial charge in [0, 0.05) is 20.1 Å². The summed E-state index contributed by atoms with van der Waals surface area (Å²) in [6.07, 6.45) is 4.43. The predicted octanol–water partition coefficient (Wildman–Crippen LogP) is 2.05. The Morgan fingerprint density at radius 1 is 1.37 bits per heavy atom. The van der Waals surface area contributed by atoms with Crippen LogP contribution in [0.25, 0.3) is 11.0 Å². The molecule has 0 spiro atoms. The lowest BCUT2D eigenvalue weighted by Gasteiger charge is -2.32. The predicted molar refractivity (Wildman–Crippen MR) is 96.5 cm³/mol. The van der Waals surface area contributed by atoms with Gasteiger partial charge in [0.2, 0.25) is 15.9 Å². The Balaban J connectivity index is 1.65. The van der Waals surface area contributed by atoms with Crippen molar-refractivity contribution < 1.29 is 17.7 Å². The molecule has 0 radical (unpaired) electrons. The third kappa shape index (κ3) is 3.47. The van der Waals surface area contributed by atoms with Crippen LogP contribution in [-0.2, 0) is 21.2 Å². The Kier molecular flexibility index (Phi) is 4.94. The highest BCUT2D eigenvalue weighted by atomic mass is 32.2. The molecule has 2 aromatic heterocycles. The van der Waals surface area contributed by atoms with Crippen LogP contribution in [0.1, 0.15) is 37.0 Å². The lowest BCUT2D eigenvalue weighted by molar-refractivity contribution is 0.197. The number of nitrogens with zero attached hydrogens (tertiary/aromatic N) is 4. The number of fused-ring (bicyclic) bond motifs is 1. The first-order valence-corrected chi connectivity index (χ1v) is 10.3. The molecular weight excluding hydrogens is 370 g/mol. The standard InChI is InChI=1S/C17H21N5O4S/c1-25-9-7-16-20-17(26-21-16)15-4-2-3-8-22(15)27(23,24)12-5-6-13-14(10-12)19-11-18-13/h5-6,10-11,15H,2-4,7-9H2,1H3,(H,18,19). The molecule has 1 fully saturated rings. The normalized spacial score (nSPS) is 18.9. The maximum Gasteiger partial charge on any atom is 0.245 e. The third-order valence-electron chi connectivity index (χ3n) is 4.75. The molecule has 1 atom stereocenters. The number of hydrogen-bond donors (Lipinski definition) is 1. The summed E-state index contributed by atoms with van der Waals surface area (Å²) in [6.45, 7) is 0.902. The van der Waals surface area contributed by atoms with Gasteiger partial charge in [0.15, 0.2) is 5.82 Å². The summed E-state index contributed by atoms with van der Waals surface area (Å²) in [5.41, 5.74) is 1.41. The van der Waals surface area contributed by atoms with Gasteiger partial charge in [-0.3, -0.25) is 0 Å². The third-order valence-corrected chi connectivity index (χ3v) is 6.65. The van der Waals surface area contributed by atoms with E-state index < -0.39 is 16.1 Å². The molecule has 3 heterocycles. The van der Waals surface area contributed by atoms with Gasteiger partial charge in [-0.05, 0) is 31.0 Å². The van der Waals surface area contributed by atoms with E-state index in [-0.39, 0.29) is 4.90 Å². The minimum absolute atomic E-state index is 0.227. The van der Waals surface area contributed by atoms with Crippen molar-refractivity contribution in [3.05, 3.63) is 36.2 Å². The van der Waals surface area contributed by atoms with E-state index in [4.69, 9.17) is 9.26 Å². The second-order valence-electron chi connectivity index (χ2n) is 6.50. The highest BCUT2D eigenvalue weighted by Gasteiger charge is 2.37. The molecule has 1 unspecified atom stereocenters. The fourth-order valence-corrected chi connectivity index (χ4v) is 5.03. The van der Waals surface area contributed by atoms with E-state index in [1.54, 1.807) is 31.6 Å². The van der Waals surface area contributed by atoms with Gasteiger partial charge in [0.1, 0.15) is 6.04 Å². The van der Waals surface area contributed by atoms with Gasteiger partial charge in [0.05, 0.1) is 28.9 Å². The van der Waals surface area contributed by atoms with Crippen molar-refractivity contribution in [3.63, 3.8) is 0 Å². The zero-order valence-corrected chi connectivity index (χ0v) is 15.8. The van der Waals surface area contributed by atoms with E-state index >= 15 is 0 Å². The molecule has 4 rings (SSSR count). The van der Waals surface area contributed by atoms with Crippen LogP contribution in [-0.4, -0.2) is 53.1 Å². The van der Waals surface area contributed by atoms with Crippen molar-refractivity contribution in [3.8, 4) is 0 Å². The molecule has 0 aliphatic carbocycles. The van der Waals surface area contributed by atoms with Crippen LogP contribution in [0, 0.1) is 0 Å². The number of benzene rings is 1. The number of ether oxygens (including phenoxy) is 1. The molecule has 1 aromatic carbocycles. The summed E-state index contributed by atoms with van der Waals surface area (Å²) in [5, 5.41) is 3.95. The summed E-state index contributed by atoms with van der Waals surface area (Å²) in [6, 6.07) is 4.45. The van der Waals surface area contributed by atoms with Crippen LogP contribution >= 0.6 is 0 Å². The summed E-state index contributed by atoms with van der Waals surface area (Å²) >= 11 is 0. The quantitative estimate of drug-likeness (QED) is 0.684. The molecule has 1 aliphatic rings. The van der Waals surface area contributed by atoms with Crippen molar-refractivity contribution >= 4 is 21.1 Å². The molecule has 0 saturated carbocycles. The van der Waals surface area contributed by atoms with Crippen LogP contribution in [0.4, 0.5) is 0 Å². The fraction of sp³-hybridized carbons (Fsp3) is 0.471. The van der Waals surface area contributed by atoms with Crippen LogP contribution in [0.2, 0.25) is 0 Å². The number of sulfonamides is 1. The first kappa shape index (κ1) is 18.1. The zero-order valence-electron chi connectivity index (χ0n) is 15.0. The van der Waals surface area contributed by atoms with Crippen LogP contribution in [0.3, 0.4) is 0 Å². The maximum absolute atomic E-state index is 13.3. The molecule has 1 saturated heterocycles. The Morgan fingerprint density at radius 2 is 2.26 bits per heavy atom. The Bertz CT molecular complexity index is 1030. The van der Waals surface area contributed by atoms with Crippen LogP contribution in [0.5, 0.6) is 0 Å². The Hall–Kier alpha value is -2.30. The number of aromatic amines is 1. The first-order chi connectivity index (χ1) is 13.1. The number of piperidine rings is 1. The van der Waals surface area contributed by atoms with E-state index in [0.29, 0.717) is 43.2 Å². The number of aromatic nitrogens is 4. The van der Waals surface area contributed by atoms with E-state index in [1.807, 2.05) is 0 Å². The van der Waals surface area contributed by atoms with Crippen LogP contribution < -0.4 is 0 Å². The average molecular weight is 391 g/mol. The number of imidazole rings is 1. The summed E-state index contributed by atoms with van der Waals surface area (Å²) in [5.74, 6) is 0.862. The van der Waals surface area contributed by atoms with Gasteiger partial charge in [-0.1, -0.05) is 11.6 Å². The van der Waals surface area contributed by atoms with Crippen LogP contribution in [0.15, 0.2) is 33.9 Å². The highest BCUT2D eigenvalue weighted by Crippen LogP contribution is 2.35. The lowest BCUT2D eigenvalue weighted by Crippen LogP contribution is -2.38. The molecule has 27 heavy (non-hydrogen) atoms. The van der Waals surface area contributed by atoms with E-state index in [1.165, 1.54) is 4.31 Å². The number of rotatable bonds is 6. The Morgan fingerprint density at radius 3 is 3.11 bits per heavy atom. The number of nitrogens with one attached hydrogen (secondary N) is 1. The number of hydrogen-bond acceptors (Lipinski definition) is 7. The second-order valence-corrected chi connectivity index (χ2v) is 8.39. The minimum atomic E-state index is -3.70. The largest absolute Gasteiger partial charge is 0.384 e. The molecule has 10 heteroatoms. The van der Waals surface area contributed by atoms with Gasteiger partial charge < -0.3 is 14.2 Å².